The minimum atomic E-state index is -0.00819. The van der Waals surface area contributed by atoms with Crippen molar-refractivity contribution in [3.05, 3.63) is 59.1 Å². The molecule has 0 aliphatic carbocycles. The molecular weight excluding hydrogens is 400 g/mol. The van der Waals surface area contributed by atoms with E-state index < -0.39 is 0 Å². The van der Waals surface area contributed by atoms with Gasteiger partial charge in [-0.05, 0) is 48.4 Å². The lowest BCUT2D eigenvalue weighted by Crippen LogP contribution is -2.48. The molecule has 2 aromatic carbocycles. The number of piperazine rings is 1. The molecule has 0 bridgehead atoms. The van der Waals surface area contributed by atoms with Crippen LogP contribution in [0.4, 0.5) is 11.4 Å². The number of carbonyl (C=O) groups excluding carboxylic acids is 2. The van der Waals surface area contributed by atoms with Gasteiger partial charge in [0.2, 0.25) is 11.8 Å². The summed E-state index contributed by atoms with van der Waals surface area (Å²) >= 11 is 5.95. The van der Waals surface area contributed by atoms with Crippen LogP contribution in [0.5, 0.6) is 0 Å². The summed E-state index contributed by atoms with van der Waals surface area (Å²) in [5, 5.41) is 3.72. The van der Waals surface area contributed by atoms with Crippen LogP contribution in [0.3, 0.4) is 0 Å². The first-order valence-corrected chi connectivity index (χ1v) is 10.8. The highest BCUT2D eigenvalue weighted by Crippen LogP contribution is 2.23. The summed E-state index contributed by atoms with van der Waals surface area (Å²) in [6.07, 6.45) is 1.52. The zero-order valence-corrected chi connectivity index (χ0v) is 17.8. The van der Waals surface area contributed by atoms with Gasteiger partial charge < -0.3 is 10.2 Å². The van der Waals surface area contributed by atoms with E-state index in [1.807, 2.05) is 36.4 Å². The lowest BCUT2D eigenvalue weighted by Gasteiger charge is -2.34. The summed E-state index contributed by atoms with van der Waals surface area (Å²) in [6.45, 7) is 5.69. The average Bonchev–Trinajstić information content (AvgIpc) is 3.17. The summed E-state index contributed by atoms with van der Waals surface area (Å²) in [5.41, 5.74) is 2.91. The molecule has 158 valence electrons. The Hall–Kier alpha value is -2.41. The van der Waals surface area contributed by atoms with E-state index in [-0.39, 0.29) is 11.8 Å². The van der Waals surface area contributed by atoms with Gasteiger partial charge >= 0.3 is 0 Å². The van der Waals surface area contributed by atoms with Crippen molar-refractivity contribution in [2.75, 3.05) is 49.5 Å². The first kappa shape index (κ1) is 20.8. The van der Waals surface area contributed by atoms with Crippen molar-refractivity contribution in [1.29, 1.82) is 0 Å². The van der Waals surface area contributed by atoms with Gasteiger partial charge in [-0.1, -0.05) is 23.7 Å². The first-order chi connectivity index (χ1) is 14.6. The van der Waals surface area contributed by atoms with Gasteiger partial charge in [0.1, 0.15) is 0 Å². The number of hydrogen-bond donors (Lipinski definition) is 1. The fraction of sp³-hybridized carbons (Fsp3) is 0.391. The van der Waals surface area contributed by atoms with Gasteiger partial charge in [0.15, 0.2) is 0 Å². The summed E-state index contributed by atoms with van der Waals surface area (Å²) in [7, 11) is 0. The van der Waals surface area contributed by atoms with Gasteiger partial charge in [-0.3, -0.25) is 19.4 Å². The van der Waals surface area contributed by atoms with Crippen LogP contribution in [0, 0.1) is 0 Å². The Balaban J connectivity index is 1.21. The standard InChI is InChI=1S/C23H27ClN4O2/c24-19-5-3-18(4-6-19)16-26-12-14-27(15-13-26)17-22(29)25-20-7-9-21(10-8-20)28-11-1-2-23(28)30/h3-10H,1-2,11-17H2,(H,25,29). The van der Waals surface area contributed by atoms with Gasteiger partial charge in [-0.25, -0.2) is 0 Å². The highest BCUT2D eigenvalue weighted by molar-refractivity contribution is 6.30. The molecule has 0 unspecified atom stereocenters. The quantitative estimate of drug-likeness (QED) is 0.770. The molecule has 0 atom stereocenters. The van der Waals surface area contributed by atoms with Crippen molar-refractivity contribution in [2.45, 2.75) is 19.4 Å². The molecule has 2 aromatic rings. The maximum Gasteiger partial charge on any atom is 0.238 e. The summed E-state index contributed by atoms with van der Waals surface area (Å²) in [5.74, 6) is 0.160. The van der Waals surface area contributed by atoms with Crippen molar-refractivity contribution in [2.24, 2.45) is 0 Å². The Kier molecular flexibility index (Phi) is 6.67. The maximum atomic E-state index is 12.4. The second kappa shape index (κ2) is 9.60. The van der Waals surface area contributed by atoms with Crippen LogP contribution in [0.1, 0.15) is 18.4 Å². The SMILES string of the molecule is O=C(CN1CCN(Cc2ccc(Cl)cc2)CC1)Nc1ccc(N2CCCC2=O)cc1. The Morgan fingerprint density at radius 1 is 0.900 bits per heavy atom. The number of halogens is 1. The minimum Gasteiger partial charge on any atom is -0.325 e. The predicted molar refractivity (Wildman–Crippen MR) is 120 cm³/mol. The van der Waals surface area contributed by atoms with Crippen molar-refractivity contribution < 1.29 is 9.59 Å². The van der Waals surface area contributed by atoms with E-state index >= 15 is 0 Å². The second-order valence-corrected chi connectivity index (χ2v) is 8.36. The highest BCUT2D eigenvalue weighted by atomic mass is 35.5. The van der Waals surface area contributed by atoms with E-state index in [0.717, 1.165) is 62.1 Å². The number of benzene rings is 2. The van der Waals surface area contributed by atoms with Crippen LogP contribution < -0.4 is 10.2 Å². The molecule has 2 aliphatic rings. The molecule has 7 heteroatoms. The molecule has 6 nitrogen and oxygen atoms in total. The molecule has 4 rings (SSSR count). The van der Waals surface area contributed by atoms with Crippen LogP contribution in [0.2, 0.25) is 5.02 Å². The predicted octanol–water partition coefficient (Wildman–Crippen LogP) is 3.22. The molecule has 1 N–H and O–H groups in total. The molecule has 2 saturated heterocycles. The largest absolute Gasteiger partial charge is 0.325 e. The van der Waals surface area contributed by atoms with E-state index in [0.29, 0.717) is 13.0 Å². The van der Waals surface area contributed by atoms with E-state index in [9.17, 15) is 9.59 Å². The van der Waals surface area contributed by atoms with Crippen molar-refractivity contribution in [3.8, 4) is 0 Å². The molecule has 2 fully saturated rings. The van der Waals surface area contributed by atoms with Gasteiger partial charge in [0, 0.05) is 62.1 Å². The summed E-state index contributed by atoms with van der Waals surface area (Å²) in [6, 6.07) is 15.5. The Morgan fingerprint density at radius 3 is 2.20 bits per heavy atom. The fourth-order valence-corrected chi connectivity index (χ4v) is 4.13. The normalized spacial score (nSPS) is 18.0. The number of nitrogens with zero attached hydrogens (tertiary/aromatic N) is 3. The number of carbonyl (C=O) groups is 2. The van der Waals surface area contributed by atoms with E-state index in [1.54, 1.807) is 4.90 Å². The third kappa shape index (κ3) is 5.39. The van der Waals surface area contributed by atoms with Gasteiger partial charge in [-0.2, -0.15) is 0 Å². The molecule has 2 amide bonds. The smallest absolute Gasteiger partial charge is 0.238 e. The van der Waals surface area contributed by atoms with Crippen molar-refractivity contribution in [3.63, 3.8) is 0 Å². The highest BCUT2D eigenvalue weighted by Gasteiger charge is 2.22. The number of rotatable bonds is 6. The average molecular weight is 427 g/mol. The molecule has 0 aromatic heterocycles. The first-order valence-electron chi connectivity index (χ1n) is 10.5. The van der Waals surface area contributed by atoms with Crippen LogP contribution >= 0.6 is 11.6 Å². The molecule has 2 aliphatic heterocycles. The van der Waals surface area contributed by atoms with Crippen molar-refractivity contribution in [1.82, 2.24) is 9.80 Å². The summed E-state index contributed by atoms with van der Waals surface area (Å²) in [4.78, 5) is 30.7. The van der Waals surface area contributed by atoms with Crippen molar-refractivity contribution >= 4 is 34.8 Å². The van der Waals surface area contributed by atoms with E-state index in [4.69, 9.17) is 11.6 Å². The van der Waals surface area contributed by atoms with Crippen LogP contribution in [0.15, 0.2) is 48.5 Å². The van der Waals surface area contributed by atoms with Crippen LogP contribution in [-0.4, -0.2) is 60.9 Å². The third-order valence-electron chi connectivity index (χ3n) is 5.69. The summed E-state index contributed by atoms with van der Waals surface area (Å²) < 4.78 is 0. The molecule has 0 spiro atoms. The Labute approximate surface area is 182 Å². The van der Waals surface area contributed by atoms with Crippen LogP contribution in [0.25, 0.3) is 0 Å². The van der Waals surface area contributed by atoms with Crippen LogP contribution in [-0.2, 0) is 16.1 Å². The third-order valence-corrected chi connectivity index (χ3v) is 5.94. The zero-order valence-electron chi connectivity index (χ0n) is 17.0. The van der Waals surface area contributed by atoms with Gasteiger partial charge in [-0.15, -0.1) is 0 Å². The Morgan fingerprint density at radius 2 is 1.57 bits per heavy atom. The maximum absolute atomic E-state index is 12.4. The lowest BCUT2D eigenvalue weighted by molar-refractivity contribution is -0.118. The van der Waals surface area contributed by atoms with E-state index in [2.05, 4.69) is 27.2 Å². The topological polar surface area (TPSA) is 55.9 Å². The molecule has 30 heavy (non-hydrogen) atoms. The van der Waals surface area contributed by atoms with E-state index in [1.165, 1.54) is 5.56 Å². The fourth-order valence-electron chi connectivity index (χ4n) is 4.00. The molecular formula is C23H27ClN4O2. The number of amides is 2. The van der Waals surface area contributed by atoms with Gasteiger partial charge in [0.25, 0.3) is 0 Å². The van der Waals surface area contributed by atoms with Gasteiger partial charge in [0.05, 0.1) is 6.54 Å². The lowest BCUT2D eigenvalue weighted by atomic mass is 10.2. The second-order valence-electron chi connectivity index (χ2n) is 7.92. The zero-order chi connectivity index (χ0) is 20.9. The monoisotopic (exact) mass is 426 g/mol. The molecule has 0 radical (unpaired) electrons. The number of anilines is 2. The Bertz CT molecular complexity index is 877. The number of nitrogens with one attached hydrogen (secondary N) is 1. The minimum absolute atomic E-state index is 0.00819. The number of hydrogen-bond acceptors (Lipinski definition) is 4. The molecule has 0 saturated carbocycles. The molecule has 2 heterocycles.